The van der Waals surface area contributed by atoms with E-state index < -0.39 is 0 Å². The molecule has 0 saturated heterocycles. The van der Waals surface area contributed by atoms with Gasteiger partial charge in [-0.3, -0.25) is 9.69 Å². The highest BCUT2D eigenvalue weighted by Crippen LogP contribution is 2.31. The number of carbonyl (C=O) groups is 1. The van der Waals surface area contributed by atoms with Gasteiger partial charge in [0.2, 0.25) is 5.91 Å². The molecule has 1 aromatic heterocycles. The Balaban J connectivity index is 1.74. The van der Waals surface area contributed by atoms with Crippen LogP contribution in [0.4, 0.5) is 10.8 Å². The maximum Gasteiger partial charge on any atom is 0.230 e. The van der Waals surface area contributed by atoms with Crippen molar-refractivity contribution in [2.75, 3.05) is 4.90 Å². The highest BCUT2D eigenvalue weighted by atomic mass is 32.2. The summed E-state index contributed by atoms with van der Waals surface area (Å²) in [5.74, 6) is 0.758. The Hall–Kier alpha value is -2.11. The molecule has 0 atom stereocenters. The predicted molar refractivity (Wildman–Crippen MR) is 107 cm³/mol. The first-order valence-corrected chi connectivity index (χ1v) is 9.91. The summed E-state index contributed by atoms with van der Waals surface area (Å²) >= 11 is 3.27. The molecule has 1 heterocycles. The van der Waals surface area contributed by atoms with Crippen LogP contribution < -0.4 is 4.90 Å². The Kier molecular flexibility index (Phi) is 5.56. The molecule has 0 aliphatic carbocycles. The number of anilines is 2. The zero-order chi connectivity index (χ0) is 17.8. The minimum Gasteiger partial charge on any atom is -0.274 e. The zero-order valence-electron chi connectivity index (χ0n) is 14.5. The van der Waals surface area contributed by atoms with Crippen LogP contribution in [-0.4, -0.2) is 10.9 Å². The van der Waals surface area contributed by atoms with Gasteiger partial charge in [-0.15, -0.1) is 23.1 Å². The summed E-state index contributed by atoms with van der Waals surface area (Å²) in [6, 6.07) is 16.1. The van der Waals surface area contributed by atoms with Gasteiger partial charge in [-0.25, -0.2) is 4.98 Å². The largest absolute Gasteiger partial charge is 0.274 e. The second kappa shape index (κ2) is 7.85. The van der Waals surface area contributed by atoms with Crippen LogP contribution in [0.5, 0.6) is 0 Å². The molecule has 0 unspecified atom stereocenters. The Morgan fingerprint density at radius 2 is 1.88 bits per heavy atom. The lowest BCUT2D eigenvalue weighted by Crippen LogP contribution is -2.22. The lowest BCUT2D eigenvalue weighted by Gasteiger charge is -2.17. The zero-order valence-corrected chi connectivity index (χ0v) is 16.2. The standard InChI is InChI=1S/C20H20N2OS2/c1-14-9-10-19(11-15(14)2)24-12-17-13-25-20(21-17)22(16(3)23)18-7-5-4-6-8-18/h4-11,13H,12H2,1-3H3. The fourth-order valence-corrected chi connectivity index (χ4v) is 4.31. The number of aryl methyl sites for hydroxylation is 2. The van der Waals surface area contributed by atoms with E-state index in [9.17, 15) is 4.79 Å². The number of para-hydroxylation sites is 1. The number of hydrogen-bond donors (Lipinski definition) is 0. The predicted octanol–water partition coefficient (Wildman–Crippen LogP) is 5.74. The number of carbonyl (C=O) groups excluding carboxylic acids is 1. The number of amides is 1. The van der Waals surface area contributed by atoms with E-state index in [0.717, 1.165) is 22.3 Å². The molecule has 2 aromatic carbocycles. The molecular formula is C20H20N2OS2. The fraction of sp³-hybridized carbons (Fsp3) is 0.200. The van der Waals surface area contributed by atoms with E-state index in [1.165, 1.54) is 27.4 Å². The molecule has 3 nitrogen and oxygen atoms in total. The van der Waals surface area contributed by atoms with Gasteiger partial charge in [-0.2, -0.15) is 0 Å². The van der Waals surface area contributed by atoms with E-state index in [0.29, 0.717) is 0 Å². The van der Waals surface area contributed by atoms with Gasteiger partial charge >= 0.3 is 0 Å². The van der Waals surface area contributed by atoms with E-state index >= 15 is 0 Å². The van der Waals surface area contributed by atoms with Crippen LogP contribution in [0.3, 0.4) is 0 Å². The van der Waals surface area contributed by atoms with Crippen molar-refractivity contribution in [3.8, 4) is 0 Å². The Morgan fingerprint density at radius 1 is 1.12 bits per heavy atom. The van der Waals surface area contributed by atoms with Gasteiger partial charge in [-0.1, -0.05) is 24.3 Å². The minimum absolute atomic E-state index is 0.0334. The van der Waals surface area contributed by atoms with Crippen molar-refractivity contribution in [2.24, 2.45) is 0 Å². The second-order valence-electron chi connectivity index (χ2n) is 5.85. The van der Waals surface area contributed by atoms with Crippen molar-refractivity contribution in [1.29, 1.82) is 0 Å². The van der Waals surface area contributed by atoms with Crippen LogP contribution in [0, 0.1) is 13.8 Å². The van der Waals surface area contributed by atoms with Crippen LogP contribution >= 0.6 is 23.1 Å². The number of rotatable bonds is 5. The molecule has 3 rings (SSSR count). The van der Waals surface area contributed by atoms with E-state index in [4.69, 9.17) is 0 Å². The maximum atomic E-state index is 12.1. The molecule has 0 fully saturated rings. The number of aromatic nitrogens is 1. The van der Waals surface area contributed by atoms with Crippen LogP contribution in [0.25, 0.3) is 0 Å². The molecule has 128 valence electrons. The lowest BCUT2D eigenvalue weighted by molar-refractivity contribution is -0.115. The summed E-state index contributed by atoms with van der Waals surface area (Å²) in [7, 11) is 0. The summed E-state index contributed by atoms with van der Waals surface area (Å²) in [5.41, 5.74) is 4.44. The van der Waals surface area contributed by atoms with Crippen molar-refractivity contribution in [3.05, 3.63) is 70.7 Å². The van der Waals surface area contributed by atoms with Gasteiger partial charge < -0.3 is 0 Å². The minimum atomic E-state index is -0.0334. The monoisotopic (exact) mass is 368 g/mol. The summed E-state index contributed by atoms with van der Waals surface area (Å²) in [5, 5.41) is 2.75. The highest BCUT2D eigenvalue weighted by Gasteiger charge is 2.17. The third-order valence-corrected chi connectivity index (χ3v) is 5.83. The second-order valence-corrected chi connectivity index (χ2v) is 7.73. The Labute approximate surface area is 156 Å². The van der Waals surface area contributed by atoms with Gasteiger partial charge in [-0.05, 0) is 49.2 Å². The van der Waals surface area contributed by atoms with Gasteiger partial charge in [0.15, 0.2) is 5.13 Å². The number of thiazole rings is 1. The molecule has 0 aliphatic heterocycles. The van der Waals surface area contributed by atoms with Gasteiger partial charge in [0, 0.05) is 23.0 Å². The van der Waals surface area contributed by atoms with Gasteiger partial charge in [0.1, 0.15) is 0 Å². The number of nitrogens with zero attached hydrogens (tertiary/aromatic N) is 2. The molecule has 0 aliphatic rings. The molecule has 5 heteroatoms. The van der Waals surface area contributed by atoms with Crippen molar-refractivity contribution >= 4 is 39.8 Å². The van der Waals surface area contributed by atoms with Gasteiger partial charge in [0.05, 0.1) is 11.4 Å². The molecule has 3 aromatic rings. The molecule has 0 N–H and O–H groups in total. The van der Waals surface area contributed by atoms with Crippen LogP contribution in [0.1, 0.15) is 23.7 Å². The first-order valence-electron chi connectivity index (χ1n) is 8.05. The Morgan fingerprint density at radius 3 is 2.56 bits per heavy atom. The first-order chi connectivity index (χ1) is 12.0. The average molecular weight is 369 g/mol. The maximum absolute atomic E-state index is 12.1. The molecule has 1 amide bonds. The molecule has 0 saturated carbocycles. The first kappa shape index (κ1) is 17.7. The van der Waals surface area contributed by atoms with E-state index in [2.05, 4.69) is 37.0 Å². The Bertz CT molecular complexity index is 874. The number of thioether (sulfide) groups is 1. The lowest BCUT2D eigenvalue weighted by atomic mass is 10.1. The smallest absolute Gasteiger partial charge is 0.230 e. The molecule has 0 radical (unpaired) electrons. The number of hydrogen-bond acceptors (Lipinski definition) is 4. The van der Waals surface area contributed by atoms with Crippen LogP contribution in [0.2, 0.25) is 0 Å². The third-order valence-electron chi connectivity index (χ3n) is 3.93. The van der Waals surface area contributed by atoms with E-state index in [-0.39, 0.29) is 5.91 Å². The topological polar surface area (TPSA) is 33.2 Å². The highest BCUT2D eigenvalue weighted by molar-refractivity contribution is 7.98. The van der Waals surface area contributed by atoms with Crippen molar-refractivity contribution < 1.29 is 4.79 Å². The molecule has 0 spiro atoms. The molecule has 0 bridgehead atoms. The SMILES string of the molecule is CC(=O)N(c1ccccc1)c1nc(CSc2ccc(C)c(C)c2)cs1. The molecule has 25 heavy (non-hydrogen) atoms. The van der Waals surface area contributed by atoms with E-state index in [1.54, 1.807) is 23.6 Å². The average Bonchev–Trinajstić information content (AvgIpc) is 3.05. The third kappa shape index (κ3) is 4.30. The van der Waals surface area contributed by atoms with Crippen molar-refractivity contribution in [1.82, 2.24) is 4.98 Å². The fourth-order valence-electron chi connectivity index (χ4n) is 2.43. The summed E-state index contributed by atoms with van der Waals surface area (Å²) in [4.78, 5) is 19.7. The molecular weight excluding hydrogens is 348 g/mol. The van der Waals surface area contributed by atoms with Crippen molar-refractivity contribution in [2.45, 2.75) is 31.4 Å². The summed E-state index contributed by atoms with van der Waals surface area (Å²) in [6.45, 7) is 5.82. The van der Waals surface area contributed by atoms with Crippen LogP contribution in [-0.2, 0) is 10.5 Å². The van der Waals surface area contributed by atoms with Crippen LogP contribution in [0.15, 0.2) is 58.8 Å². The summed E-state index contributed by atoms with van der Waals surface area (Å²) < 4.78 is 0. The normalized spacial score (nSPS) is 10.7. The number of benzene rings is 2. The quantitative estimate of drug-likeness (QED) is 0.539. The van der Waals surface area contributed by atoms with Crippen molar-refractivity contribution in [3.63, 3.8) is 0 Å². The summed E-state index contributed by atoms with van der Waals surface area (Å²) in [6.07, 6.45) is 0. The van der Waals surface area contributed by atoms with Gasteiger partial charge in [0.25, 0.3) is 0 Å². The van der Waals surface area contributed by atoms with E-state index in [1.807, 2.05) is 35.7 Å².